The minimum atomic E-state index is -0.928. The highest BCUT2D eigenvalue weighted by Crippen LogP contribution is 2.36. The summed E-state index contributed by atoms with van der Waals surface area (Å²) in [5.74, 6) is -1.19. The molecule has 0 bridgehead atoms. The van der Waals surface area contributed by atoms with E-state index in [-0.39, 0.29) is 24.6 Å². The van der Waals surface area contributed by atoms with Gasteiger partial charge in [0.15, 0.2) is 0 Å². The van der Waals surface area contributed by atoms with Crippen molar-refractivity contribution >= 4 is 21.9 Å². The summed E-state index contributed by atoms with van der Waals surface area (Å²) in [4.78, 5) is 10.7. The number of phenols is 1. The minimum absolute atomic E-state index is 0.0912. The van der Waals surface area contributed by atoms with Crippen molar-refractivity contribution in [2.75, 3.05) is 6.54 Å². The molecular formula is C11H14BrNO3. The summed E-state index contributed by atoms with van der Waals surface area (Å²) in [6.45, 7) is 1.95. The molecule has 0 heterocycles. The Morgan fingerprint density at radius 1 is 1.56 bits per heavy atom. The van der Waals surface area contributed by atoms with Gasteiger partial charge in [0.1, 0.15) is 5.75 Å². The Labute approximate surface area is 102 Å². The lowest BCUT2D eigenvalue weighted by molar-refractivity contribution is -0.137. The van der Waals surface area contributed by atoms with E-state index in [0.29, 0.717) is 15.6 Å². The lowest BCUT2D eigenvalue weighted by Crippen LogP contribution is -2.17. The van der Waals surface area contributed by atoms with Gasteiger partial charge in [-0.1, -0.05) is 22.0 Å². The molecule has 0 saturated carbocycles. The molecule has 88 valence electrons. The number of aryl methyl sites for hydroxylation is 1. The maximum atomic E-state index is 10.7. The van der Waals surface area contributed by atoms with Crippen LogP contribution in [0.5, 0.6) is 5.75 Å². The molecule has 5 heteroatoms. The summed E-state index contributed by atoms with van der Waals surface area (Å²) in [6.07, 6.45) is -0.0912. The average molecular weight is 288 g/mol. The molecule has 0 aliphatic carbocycles. The van der Waals surface area contributed by atoms with Crippen molar-refractivity contribution in [3.8, 4) is 5.75 Å². The zero-order chi connectivity index (χ0) is 12.3. The highest BCUT2D eigenvalue weighted by molar-refractivity contribution is 9.10. The first-order valence-corrected chi connectivity index (χ1v) is 5.66. The van der Waals surface area contributed by atoms with E-state index in [1.165, 1.54) is 0 Å². The zero-order valence-corrected chi connectivity index (χ0v) is 10.5. The number of aromatic hydroxyl groups is 1. The Morgan fingerprint density at radius 2 is 2.19 bits per heavy atom. The van der Waals surface area contributed by atoms with Gasteiger partial charge in [0.05, 0.1) is 6.42 Å². The molecule has 1 unspecified atom stereocenters. The van der Waals surface area contributed by atoms with Crippen LogP contribution in [-0.4, -0.2) is 22.7 Å². The molecule has 1 atom stereocenters. The third-order valence-electron chi connectivity index (χ3n) is 2.48. The Balaban J connectivity index is 3.18. The molecular weight excluding hydrogens is 274 g/mol. The number of hydrogen-bond acceptors (Lipinski definition) is 3. The Hall–Kier alpha value is -1.07. The molecule has 0 aromatic heterocycles. The number of rotatable bonds is 4. The summed E-state index contributed by atoms with van der Waals surface area (Å²) in [7, 11) is 0. The highest BCUT2D eigenvalue weighted by atomic mass is 79.9. The first-order valence-electron chi connectivity index (χ1n) is 4.87. The van der Waals surface area contributed by atoms with E-state index in [0.717, 1.165) is 0 Å². The highest BCUT2D eigenvalue weighted by Gasteiger charge is 2.21. The van der Waals surface area contributed by atoms with Crippen LogP contribution in [0.1, 0.15) is 23.5 Å². The molecule has 1 rings (SSSR count). The van der Waals surface area contributed by atoms with E-state index in [9.17, 15) is 9.90 Å². The van der Waals surface area contributed by atoms with Crippen LogP contribution in [0, 0.1) is 6.92 Å². The quantitative estimate of drug-likeness (QED) is 0.791. The van der Waals surface area contributed by atoms with Crippen molar-refractivity contribution in [3.05, 3.63) is 27.7 Å². The van der Waals surface area contributed by atoms with Gasteiger partial charge >= 0.3 is 5.97 Å². The van der Waals surface area contributed by atoms with Crippen LogP contribution in [-0.2, 0) is 4.79 Å². The summed E-state index contributed by atoms with van der Waals surface area (Å²) in [5.41, 5.74) is 6.83. The van der Waals surface area contributed by atoms with Crippen molar-refractivity contribution in [2.45, 2.75) is 19.3 Å². The van der Waals surface area contributed by atoms with Crippen LogP contribution in [0.4, 0.5) is 0 Å². The molecule has 0 aliphatic rings. The van der Waals surface area contributed by atoms with Crippen LogP contribution in [0.15, 0.2) is 16.6 Å². The number of carbonyl (C=O) groups is 1. The van der Waals surface area contributed by atoms with Gasteiger partial charge in [-0.25, -0.2) is 0 Å². The third kappa shape index (κ3) is 2.74. The molecule has 0 saturated heterocycles. The largest absolute Gasteiger partial charge is 0.507 e. The van der Waals surface area contributed by atoms with E-state index >= 15 is 0 Å². The number of benzene rings is 1. The molecule has 0 spiro atoms. The summed E-state index contributed by atoms with van der Waals surface area (Å²) in [5, 5.41) is 18.7. The van der Waals surface area contributed by atoms with Gasteiger partial charge in [-0.2, -0.15) is 0 Å². The number of carboxylic acid groups (broad SMARTS) is 1. The number of halogens is 1. The fraction of sp³-hybridized carbons (Fsp3) is 0.364. The number of carboxylic acids is 1. The van der Waals surface area contributed by atoms with Crippen LogP contribution in [0.2, 0.25) is 0 Å². The van der Waals surface area contributed by atoms with Gasteiger partial charge in [0, 0.05) is 16.0 Å². The van der Waals surface area contributed by atoms with E-state index in [4.69, 9.17) is 10.8 Å². The third-order valence-corrected chi connectivity index (χ3v) is 3.17. The lowest BCUT2D eigenvalue weighted by Gasteiger charge is -2.17. The van der Waals surface area contributed by atoms with E-state index in [2.05, 4.69) is 15.9 Å². The van der Waals surface area contributed by atoms with Gasteiger partial charge in [-0.3, -0.25) is 4.79 Å². The predicted octanol–water partition coefficient (Wildman–Crippen LogP) is 1.98. The van der Waals surface area contributed by atoms with E-state index in [1.54, 1.807) is 19.1 Å². The molecule has 0 radical (unpaired) electrons. The number of nitrogens with two attached hydrogens (primary N) is 1. The minimum Gasteiger partial charge on any atom is -0.507 e. The van der Waals surface area contributed by atoms with Gasteiger partial charge in [0.25, 0.3) is 0 Å². The van der Waals surface area contributed by atoms with Crippen molar-refractivity contribution in [3.63, 3.8) is 0 Å². The van der Waals surface area contributed by atoms with Gasteiger partial charge in [-0.05, 0) is 25.1 Å². The van der Waals surface area contributed by atoms with Gasteiger partial charge in [-0.15, -0.1) is 0 Å². The second-order valence-electron chi connectivity index (χ2n) is 3.66. The van der Waals surface area contributed by atoms with Crippen molar-refractivity contribution < 1.29 is 15.0 Å². The second kappa shape index (κ2) is 5.32. The standard InChI is InChI=1S/C11H14BrNO3/c1-6-2-3-8(12)10(11(6)16)7(5-13)4-9(14)15/h2-3,7,16H,4-5,13H2,1H3,(H,14,15). The maximum absolute atomic E-state index is 10.7. The fourth-order valence-corrected chi connectivity index (χ4v) is 2.24. The van der Waals surface area contributed by atoms with Crippen molar-refractivity contribution in [1.29, 1.82) is 0 Å². The molecule has 0 aliphatic heterocycles. The van der Waals surface area contributed by atoms with Gasteiger partial charge < -0.3 is 15.9 Å². The first kappa shape index (κ1) is 13.0. The first-order chi connectivity index (χ1) is 7.47. The molecule has 4 nitrogen and oxygen atoms in total. The maximum Gasteiger partial charge on any atom is 0.304 e. The lowest BCUT2D eigenvalue weighted by atomic mass is 9.93. The predicted molar refractivity (Wildman–Crippen MR) is 64.6 cm³/mol. The Kier molecular flexibility index (Phi) is 4.32. The molecule has 0 amide bonds. The number of aliphatic carboxylic acids is 1. The van der Waals surface area contributed by atoms with Crippen LogP contribution in [0.25, 0.3) is 0 Å². The second-order valence-corrected chi connectivity index (χ2v) is 4.51. The molecule has 0 fully saturated rings. The van der Waals surface area contributed by atoms with Crippen molar-refractivity contribution in [2.24, 2.45) is 5.73 Å². The summed E-state index contributed by atoms with van der Waals surface area (Å²) < 4.78 is 0.687. The zero-order valence-electron chi connectivity index (χ0n) is 8.90. The summed E-state index contributed by atoms with van der Waals surface area (Å²) >= 11 is 3.30. The summed E-state index contributed by atoms with van der Waals surface area (Å²) in [6, 6.07) is 3.55. The molecule has 1 aromatic carbocycles. The van der Waals surface area contributed by atoms with Crippen molar-refractivity contribution in [1.82, 2.24) is 0 Å². The smallest absolute Gasteiger partial charge is 0.304 e. The van der Waals surface area contributed by atoms with E-state index < -0.39 is 5.97 Å². The number of phenolic OH excluding ortho intramolecular Hbond substituents is 1. The average Bonchev–Trinajstić information content (AvgIpc) is 2.22. The monoisotopic (exact) mass is 287 g/mol. The van der Waals surface area contributed by atoms with Gasteiger partial charge in [0.2, 0.25) is 0 Å². The van der Waals surface area contributed by atoms with Crippen LogP contribution in [0.3, 0.4) is 0 Å². The molecule has 16 heavy (non-hydrogen) atoms. The molecule has 4 N–H and O–H groups in total. The normalized spacial score (nSPS) is 12.4. The van der Waals surface area contributed by atoms with Crippen LogP contribution < -0.4 is 5.73 Å². The van der Waals surface area contributed by atoms with Crippen LogP contribution >= 0.6 is 15.9 Å². The Morgan fingerprint density at radius 3 is 2.69 bits per heavy atom. The molecule has 1 aromatic rings. The fourth-order valence-electron chi connectivity index (χ4n) is 1.59. The SMILES string of the molecule is Cc1ccc(Br)c(C(CN)CC(=O)O)c1O. The van der Waals surface area contributed by atoms with E-state index in [1.807, 2.05) is 0 Å². The Bertz CT molecular complexity index is 406. The topological polar surface area (TPSA) is 83.6 Å². The number of hydrogen-bond donors (Lipinski definition) is 3.